The molecule has 2 N–H and O–H groups in total. The molecule has 1 nitrogen and oxygen atoms in total. The van der Waals surface area contributed by atoms with E-state index in [1.807, 2.05) is 0 Å². The summed E-state index contributed by atoms with van der Waals surface area (Å²) in [6.45, 7) is 0. The summed E-state index contributed by atoms with van der Waals surface area (Å²) in [5.41, 5.74) is 8.70. The van der Waals surface area contributed by atoms with Crippen molar-refractivity contribution >= 4 is 13.3 Å². The fourth-order valence-electron chi connectivity index (χ4n) is 2.16. The molecular weight excluding hydrogens is 157 g/mol. The molecule has 0 aromatic heterocycles. The highest BCUT2D eigenvalue weighted by atomic mass is 14.6. The molecule has 2 atom stereocenters. The van der Waals surface area contributed by atoms with Crippen LogP contribution in [0.5, 0.6) is 0 Å². The van der Waals surface area contributed by atoms with E-state index in [0.29, 0.717) is 6.04 Å². The molecule has 0 saturated heterocycles. The molecule has 1 unspecified atom stereocenters. The van der Waals surface area contributed by atoms with Crippen molar-refractivity contribution in [2.24, 2.45) is 5.73 Å². The minimum atomic E-state index is 0.436. The summed E-state index contributed by atoms with van der Waals surface area (Å²) in [5.74, 6) is 0.718. The number of nitrogens with two attached hydrogens (primary N) is 1. The van der Waals surface area contributed by atoms with Crippen LogP contribution in [-0.2, 0) is 0 Å². The quantitative estimate of drug-likeness (QED) is 0.616. The molecule has 1 saturated carbocycles. The average molecular weight is 173 g/mol. The number of benzene rings is 1. The van der Waals surface area contributed by atoms with Crippen LogP contribution in [0.4, 0.5) is 0 Å². The lowest BCUT2D eigenvalue weighted by Crippen LogP contribution is -2.14. The summed E-state index contributed by atoms with van der Waals surface area (Å²) in [6, 6.07) is 9.32. The molecule has 0 bridgehead atoms. The standard InChI is InChI=1S/C11H16BN/c12-10-4-1-8(2-5-10)9-3-6-11(13)7-9/h1-2,4-5,9,11H,3,6-7,12-13H2/t9-,11?/m1/s1. The smallest absolute Gasteiger partial charge is 0.139 e. The SMILES string of the molecule is Bc1ccc([C@@H]2CCC(N)C2)cc1. The normalized spacial score (nSPS) is 27.8. The Kier molecular flexibility index (Phi) is 2.41. The van der Waals surface area contributed by atoms with Crippen LogP contribution in [0.15, 0.2) is 24.3 Å². The summed E-state index contributed by atoms with van der Waals surface area (Å²) in [4.78, 5) is 0. The molecule has 1 aromatic carbocycles. The Hall–Kier alpha value is -0.755. The van der Waals surface area contributed by atoms with Crippen molar-refractivity contribution < 1.29 is 0 Å². The zero-order valence-electron chi connectivity index (χ0n) is 8.16. The average Bonchev–Trinajstić information content (AvgIpc) is 2.53. The second kappa shape index (κ2) is 3.55. The molecule has 1 aromatic rings. The van der Waals surface area contributed by atoms with Crippen LogP contribution in [0.3, 0.4) is 0 Å². The Labute approximate surface area is 80.7 Å². The number of rotatable bonds is 1. The first-order valence-corrected chi connectivity index (χ1v) is 5.08. The Morgan fingerprint density at radius 3 is 2.38 bits per heavy atom. The zero-order valence-corrected chi connectivity index (χ0v) is 8.16. The van der Waals surface area contributed by atoms with Crippen LogP contribution in [-0.4, -0.2) is 13.9 Å². The highest BCUT2D eigenvalue weighted by Gasteiger charge is 2.22. The van der Waals surface area contributed by atoms with Gasteiger partial charge in [0.25, 0.3) is 0 Å². The first kappa shape index (κ1) is 8.83. The van der Waals surface area contributed by atoms with Crippen molar-refractivity contribution in [3.05, 3.63) is 29.8 Å². The van der Waals surface area contributed by atoms with Gasteiger partial charge in [-0.05, 0) is 30.7 Å². The topological polar surface area (TPSA) is 26.0 Å². The highest BCUT2D eigenvalue weighted by molar-refractivity contribution is 6.32. The van der Waals surface area contributed by atoms with Crippen LogP contribution in [0.2, 0.25) is 0 Å². The maximum Gasteiger partial charge on any atom is 0.139 e. The Bertz CT molecular complexity index is 281. The Balaban J connectivity index is 2.13. The third kappa shape index (κ3) is 1.94. The van der Waals surface area contributed by atoms with E-state index in [9.17, 15) is 0 Å². The highest BCUT2D eigenvalue weighted by Crippen LogP contribution is 2.32. The van der Waals surface area contributed by atoms with E-state index >= 15 is 0 Å². The van der Waals surface area contributed by atoms with Crippen LogP contribution in [0.25, 0.3) is 0 Å². The van der Waals surface area contributed by atoms with Crippen molar-refractivity contribution in [2.75, 3.05) is 0 Å². The van der Waals surface area contributed by atoms with Gasteiger partial charge in [0.05, 0.1) is 0 Å². The van der Waals surface area contributed by atoms with Crippen LogP contribution in [0, 0.1) is 0 Å². The van der Waals surface area contributed by atoms with Crippen molar-refractivity contribution in [3.8, 4) is 0 Å². The molecule has 13 heavy (non-hydrogen) atoms. The van der Waals surface area contributed by atoms with Gasteiger partial charge in [-0.15, -0.1) is 0 Å². The third-order valence-electron chi connectivity index (χ3n) is 3.02. The molecule has 2 heteroatoms. The molecule has 2 rings (SSSR count). The van der Waals surface area contributed by atoms with Gasteiger partial charge < -0.3 is 5.73 Å². The minimum absolute atomic E-state index is 0.436. The monoisotopic (exact) mass is 173 g/mol. The van der Waals surface area contributed by atoms with Crippen molar-refractivity contribution in [1.82, 2.24) is 0 Å². The Morgan fingerprint density at radius 2 is 1.85 bits per heavy atom. The summed E-state index contributed by atoms with van der Waals surface area (Å²) in [7, 11) is 2.13. The van der Waals surface area contributed by atoms with E-state index in [2.05, 4.69) is 32.1 Å². The van der Waals surface area contributed by atoms with E-state index in [-0.39, 0.29) is 0 Å². The lowest BCUT2D eigenvalue weighted by Gasteiger charge is -2.09. The Morgan fingerprint density at radius 1 is 1.15 bits per heavy atom. The maximum absolute atomic E-state index is 5.89. The predicted octanol–water partition coefficient (Wildman–Crippen LogP) is 0.540. The van der Waals surface area contributed by atoms with Gasteiger partial charge in [0.2, 0.25) is 0 Å². The fraction of sp³-hybridized carbons (Fsp3) is 0.455. The molecule has 0 spiro atoms. The van der Waals surface area contributed by atoms with E-state index < -0.39 is 0 Å². The lowest BCUT2D eigenvalue weighted by atomic mass is 9.91. The fourth-order valence-corrected chi connectivity index (χ4v) is 2.16. The van der Waals surface area contributed by atoms with E-state index in [0.717, 1.165) is 5.92 Å². The summed E-state index contributed by atoms with van der Waals surface area (Å²) in [6.07, 6.45) is 3.63. The van der Waals surface area contributed by atoms with Crippen molar-refractivity contribution in [3.63, 3.8) is 0 Å². The van der Waals surface area contributed by atoms with Gasteiger partial charge in [0.1, 0.15) is 7.85 Å². The third-order valence-corrected chi connectivity index (χ3v) is 3.02. The lowest BCUT2D eigenvalue weighted by molar-refractivity contribution is 0.675. The van der Waals surface area contributed by atoms with E-state index in [4.69, 9.17) is 5.73 Å². The first-order valence-electron chi connectivity index (χ1n) is 5.08. The molecule has 1 fully saturated rings. The van der Waals surface area contributed by atoms with Crippen LogP contribution < -0.4 is 11.2 Å². The molecule has 1 aliphatic rings. The maximum atomic E-state index is 5.89. The van der Waals surface area contributed by atoms with Gasteiger partial charge >= 0.3 is 0 Å². The van der Waals surface area contributed by atoms with Gasteiger partial charge in [-0.3, -0.25) is 0 Å². The van der Waals surface area contributed by atoms with E-state index in [1.165, 1.54) is 30.3 Å². The largest absolute Gasteiger partial charge is 0.328 e. The van der Waals surface area contributed by atoms with Gasteiger partial charge in [-0.1, -0.05) is 29.7 Å². The van der Waals surface area contributed by atoms with Gasteiger partial charge in [-0.25, -0.2) is 0 Å². The molecule has 1 aliphatic carbocycles. The van der Waals surface area contributed by atoms with E-state index in [1.54, 1.807) is 0 Å². The molecule has 0 aliphatic heterocycles. The molecule has 68 valence electrons. The molecule has 0 radical (unpaired) electrons. The van der Waals surface area contributed by atoms with Gasteiger partial charge in [0.15, 0.2) is 0 Å². The van der Waals surface area contributed by atoms with Crippen molar-refractivity contribution in [2.45, 2.75) is 31.2 Å². The van der Waals surface area contributed by atoms with Crippen LogP contribution >= 0.6 is 0 Å². The van der Waals surface area contributed by atoms with Crippen molar-refractivity contribution in [1.29, 1.82) is 0 Å². The zero-order chi connectivity index (χ0) is 9.26. The summed E-state index contributed by atoms with van der Waals surface area (Å²) >= 11 is 0. The van der Waals surface area contributed by atoms with Gasteiger partial charge in [0, 0.05) is 6.04 Å². The molecule has 0 heterocycles. The van der Waals surface area contributed by atoms with Gasteiger partial charge in [-0.2, -0.15) is 0 Å². The number of hydrogen-bond donors (Lipinski definition) is 1. The summed E-state index contributed by atoms with van der Waals surface area (Å²) in [5, 5.41) is 0. The second-order valence-electron chi connectivity index (χ2n) is 4.18. The first-order chi connectivity index (χ1) is 6.25. The number of hydrogen-bond acceptors (Lipinski definition) is 1. The van der Waals surface area contributed by atoms with Crippen LogP contribution in [0.1, 0.15) is 30.7 Å². The predicted molar refractivity (Wildman–Crippen MR) is 59.2 cm³/mol. The summed E-state index contributed by atoms with van der Waals surface area (Å²) < 4.78 is 0. The molecule has 0 amide bonds. The molecular formula is C11H16BN. The minimum Gasteiger partial charge on any atom is -0.328 e. The second-order valence-corrected chi connectivity index (χ2v) is 4.18.